The third-order valence-corrected chi connectivity index (χ3v) is 5.03. The summed E-state index contributed by atoms with van der Waals surface area (Å²) >= 11 is 0. The summed E-state index contributed by atoms with van der Waals surface area (Å²) in [5.74, 6) is 1.26. The van der Waals surface area contributed by atoms with Crippen LogP contribution in [-0.2, 0) is 0 Å². The molecular weight excluding hydrogens is 260 g/mol. The van der Waals surface area contributed by atoms with E-state index in [9.17, 15) is 0 Å². The zero-order valence-electron chi connectivity index (χ0n) is 14.4. The average molecular weight is 290 g/mol. The first-order chi connectivity index (χ1) is 9.80. The van der Waals surface area contributed by atoms with Crippen LogP contribution in [-0.4, -0.2) is 30.1 Å². The normalized spacial score (nSPS) is 23.8. The molecule has 3 heteroatoms. The van der Waals surface area contributed by atoms with Crippen molar-refractivity contribution < 1.29 is 4.74 Å². The highest BCUT2D eigenvalue weighted by Gasteiger charge is 2.42. The van der Waals surface area contributed by atoms with E-state index in [2.05, 4.69) is 58.6 Å². The smallest absolute Gasteiger partial charge is 0.125 e. The van der Waals surface area contributed by atoms with Gasteiger partial charge in [0.1, 0.15) is 11.4 Å². The summed E-state index contributed by atoms with van der Waals surface area (Å²) in [6.07, 6.45) is 0. The predicted molar refractivity (Wildman–Crippen MR) is 88.8 cm³/mol. The molecule has 1 heterocycles. The number of fused-ring (bicyclic) bond motifs is 1. The second-order valence-corrected chi connectivity index (χ2v) is 6.80. The fourth-order valence-corrected chi connectivity index (χ4v) is 3.26. The van der Waals surface area contributed by atoms with E-state index in [1.165, 1.54) is 11.1 Å². The highest BCUT2D eigenvalue weighted by molar-refractivity contribution is 5.45. The van der Waals surface area contributed by atoms with Gasteiger partial charge < -0.3 is 15.4 Å². The van der Waals surface area contributed by atoms with Crippen molar-refractivity contribution in [3.63, 3.8) is 0 Å². The Hall–Kier alpha value is -1.06. The fourth-order valence-electron chi connectivity index (χ4n) is 3.26. The highest BCUT2D eigenvalue weighted by atomic mass is 16.5. The van der Waals surface area contributed by atoms with Gasteiger partial charge in [0.2, 0.25) is 0 Å². The lowest BCUT2D eigenvalue weighted by atomic mass is 9.78. The molecule has 2 rings (SSSR count). The molecule has 0 saturated heterocycles. The van der Waals surface area contributed by atoms with Gasteiger partial charge in [0, 0.05) is 24.1 Å². The maximum Gasteiger partial charge on any atom is 0.125 e. The van der Waals surface area contributed by atoms with E-state index < -0.39 is 0 Å². The Kier molecular flexibility index (Phi) is 4.64. The maximum absolute atomic E-state index is 6.64. The Morgan fingerprint density at radius 1 is 1.14 bits per heavy atom. The number of nitrogens with two attached hydrogens (primary N) is 1. The van der Waals surface area contributed by atoms with E-state index in [1.54, 1.807) is 0 Å². The molecule has 1 aliphatic heterocycles. The van der Waals surface area contributed by atoms with Crippen LogP contribution in [0.25, 0.3) is 0 Å². The van der Waals surface area contributed by atoms with Crippen molar-refractivity contribution in [3.8, 4) is 5.75 Å². The summed E-state index contributed by atoms with van der Waals surface area (Å²) in [7, 11) is 0. The quantitative estimate of drug-likeness (QED) is 0.923. The second kappa shape index (κ2) is 5.98. The molecular formula is C18H30N2O. The topological polar surface area (TPSA) is 38.5 Å². The van der Waals surface area contributed by atoms with E-state index in [4.69, 9.17) is 10.5 Å². The number of nitrogens with zero attached hydrogens (tertiary/aromatic N) is 1. The minimum absolute atomic E-state index is 0.0312. The van der Waals surface area contributed by atoms with Crippen molar-refractivity contribution in [2.45, 2.75) is 53.2 Å². The second-order valence-electron chi connectivity index (χ2n) is 6.80. The van der Waals surface area contributed by atoms with Crippen LogP contribution in [0.3, 0.4) is 0 Å². The van der Waals surface area contributed by atoms with Crippen molar-refractivity contribution >= 4 is 0 Å². The molecule has 21 heavy (non-hydrogen) atoms. The monoisotopic (exact) mass is 290 g/mol. The first kappa shape index (κ1) is 16.3. The lowest BCUT2D eigenvalue weighted by molar-refractivity contribution is -0.00538. The zero-order valence-corrected chi connectivity index (χ0v) is 14.4. The lowest BCUT2D eigenvalue weighted by Crippen LogP contribution is -2.52. The summed E-state index contributed by atoms with van der Waals surface area (Å²) in [6.45, 7) is 16.1. The Morgan fingerprint density at radius 3 is 2.29 bits per heavy atom. The summed E-state index contributed by atoms with van der Waals surface area (Å²) in [5.41, 5.74) is 10.1. The molecule has 0 fully saturated rings. The zero-order chi connectivity index (χ0) is 15.8. The van der Waals surface area contributed by atoms with Crippen LogP contribution >= 0.6 is 0 Å². The summed E-state index contributed by atoms with van der Waals surface area (Å²) in [6, 6.07) is 4.38. The van der Waals surface area contributed by atoms with E-state index in [0.717, 1.165) is 30.9 Å². The van der Waals surface area contributed by atoms with E-state index in [0.29, 0.717) is 5.92 Å². The summed E-state index contributed by atoms with van der Waals surface area (Å²) in [5, 5.41) is 0. The minimum Gasteiger partial charge on any atom is -0.487 e. The SMILES string of the molecule is CCN(CC)CC1C(N)c2cc(C)c(C)cc2OC1(C)C. The molecule has 2 unspecified atom stereocenters. The van der Waals surface area contributed by atoms with Crippen LogP contribution in [0.15, 0.2) is 12.1 Å². The number of hydrogen-bond acceptors (Lipinski definition) is 3. The first-order valence-corrected chi connectivity index (χ1v) is 8.08. The molecule has 1 aromatic carbocycles. The standard InChI is InChI=1S/C18H30N2O/c1-7-20(8-2)11-15-17(19)14-9-12(3)13(4)10-16(14)21-18(15,5)6/h9-10,15,17H,7-8,11,19H2,1-6H3. The van der Waals surface area contributed by atoms with E-state index in [1.807, 2.05) is 0 Å². The fraction of sp³-hybridized carbons (Fsp3) is 0.667. The molecule has 0 spiro atoms. The van der Waals surface area contributed by atoms with Crippen molar-refractivity contribution in [3.05, 3.63) is 28.8 Å². The van der Waals surface area contributed by atoms with Crippen LogP contribution in [0.2, 0.25) is 0 Å². The lowest BCUT2D eigenvalue weighted by Gasteiger charge is -2.45. The molecule has 0 aliphatic carbocycles. The van der Waals surface area contributed by atoms with Crippen molar-refractivity contribution in [1.29, 1.82) is 0 Å². The molecule has 0 saturated carbocycles. The van der Waals surface area contributed by atoms with Gasteiger partial charge in [-0.15, -0.1) is 0 Å². The number of hydrogen-bond donors (Lipinski definition) is 1. The number of ether oxygens (including phenoxy) is 1. The van der Waals surface area contributed by atoms with Crippen molar-refractivity contribution in [2.75, 3.05) is 19.6 Å². The van der Waals surface area contributed by atoms with Crippen LogP contribution < -0.4 is 10.5 Å². The van der Waals surface area contributed by atoms with Gasteiger partial charge >= 0.3 is 0 Å². The molecule has 3 nitrogen and oxygen atoms in total. The molecule has 1 aromatic rings. The minimum atomic E-state index is -0.239. The summed E-state index contributed by atoms with van der Waals surface area (Å²) < 4.78 is 6.32. The molecule has 2 N–H and O–H groups in total. The molecule has 0 bridgehead atoms. The third kappa shape index (κ3) is 3.09. The van der Waals surface area contributed by atoms with Gasteiger partial charge in [0.05, 0.1) is 0 Å². The number of benzene rings is 1. The number of aryl methyl sites for hydroxylation is 2. The molecule has 1 aliphatic rings. The van der Waals surface area contributed by atoms with Crippen molar-refractivity contribution in [2.24, 2.45) is 11.7 Å². The van der Waals surface area contributed by atoms with Gasteiger partial charge in [0.25, 0.3) is 0 Å². The highest BCUT2D eigenvalue weighted by Crippen LogP contribution is 2.43. The third-order valence-electron chi connectivity index (χ3n) is 5.03. The molecule has 2 atom stereocenters. The van der Waals surface area contributed by atoms with Crippen molar-refractivity contribution in [1.82, 2.24) is 4.90 Å². The largest absolute Gasteiger partial charge is 0.487 e. The van der Waals surface area contributed by atoms with Crippen LogP contribution in [0.5, 0.6) is 5.75 Å². The van der Waals surface area contributed by atoms with Gasteiger partial charge in [-0.2, -0.15) is 0 Å². The predicted octanol–water partition coefficient (Wildman–Crippen LogP) is 3.43. The van der Waals surface area contributed by atoms with Crippen LogP contribution in [0.4, 0.5) is 0 Å². The molecule has 0 amide bonds. The molecule has 0 aromatic heterocycles. The van der Waals surface area contributed by atoms with Gasteiger partial charge in [0.15, 0.2) is 0 Å². The number of rotatable bonds is 4. The Balaban J connectivity index is 2.37. The van der Waals surface area contributed by atoms with Gasteiger partial charge in [-0.25, -0.2) is 0 Å². The average Bonchev–Trinajstić information content (AvgIpc) is 2.41. The maximum atomic E-state index is 6.64. The van der Waals surface area contributed by atoms with Gasteiger partial charge in [-0.3, -0.25) is 0 Å². The van der Waals surface area contributed by atoms with E-state index >= 15 is 0 Å². The first-order valence-electron chi connectivity index (χ1n) is 8.08. The summed E-state index contributed by atoms with van der Waals surface area (Å²) in [4.78, 5) is 2.43. The molecule has 0 radical (unpaired) electrons. The van der Waals surface area contributed by atoms with Gasteiger partial charge in [-0.1, -0.05) is 19.9 Å². The van der Waals surface area contributed by atoms with E-state index in [-0.39, 0.29) is 11.6 Å². The molecule has 118 valence electrons. The Morgan fingerprint density at radius 2 is 1.71 bits per heavy atom. The Bertz CT molecular complexity index is 506. The van der Waals surface area contributed by atoms with Crippen LogP contribution in [0.1, 0.15) is 50.4 Å². The van der Waals surface area contributed by atoms with Crippen LogP contribution in [0, 0.1) is 19.8 Å². The Labute approximate surface area is 129 Å². The van der Waals surface area contributed by atoms with Gasteiger partial charge in [-0.05, 0) is 58.0 Å².